The minimum absolute atomic E-state index is 0.00992. The van der Waals surface area contributed by atoms with Gasteiger partial charge in [-0.05, 0) is 41.0 Å². The van der Waals surface area contributed by atoms with Gasteiger partial charge in [-0.1, -0.05) is 71.0 Å². The lowest BCUT2D eigenvalue weighted by Crippen LogP contribution is -2.30. The first-order chi connectivity index (χ1) is 13.6. The van der Waals surface area contributed by atoms with Gasteiger partial charge in [-0.3, -0.25) is 9.59 Å². The number of nitrogens with one attached hydrogen (secondary N) is 1. The maximum Gasteiger partial charge on any atom is 0.229 e. The molecule has 1 unspecified atom stereocenters. The number of para-hydroxylation sites is 2. The van der Waals surface area contributed by atoms with Crippen LogP contribution in [0, 0.1) is 12.8 Å². The summed E-state index contributed by atoms with van der Waals surface area (Å²) < 4.78 is 0. The summed E-state index contributed by atoms with van der Waals surface area (Å²) in [5.74, 6) is -0.110. The van der Waals surface area contributed by atoms with Crippen LogP contribution in [0.3, 0.4) is 0 Å². The molecular formula is C25H32N2O2. The maximum absolute atomic E-state index is 13.1. The van der Waals surface area contributed by atoms with E-state index in [0.717, 1.165) is 28.1 Å². The van der Waals surface area contributed by atoms with Gasteiger partial charge in [0, 0.05) is 24.3 Å². The normalized spacial score (nSPS) is 17.1. The molecule has 1 fully saturated rings. The van der Waals surface area contributed by atoms with Crippen molar-refractivity contribution in [1.29, 1.82) is 0 Å². The number of carbonyl (C=O) groups excluding carboxylic acids is 2. The molecule has 4 heteroatoms. The van der Waals surface area contributed by atoms with Crippen LogP contribution in [-0.4, -0.2) is 18.4 Å². The van der Waals surface area contributed by atoms with E-state index in [1.165, 1.54) is 0 Å². The van der Waals surface area contributed by atoms with E-state index in [1.807, 2.05) is 37.3 Å². The predicted molar refractivity (Wildman–Crippen MR) is 119 cm³/mol. The molecule has 154 valence electrons. The predicted octanol–water partition coefficient (Wildman–Crippen LogP) is 5.41. The lowest BCUT2D eigenvalue weighted by Gasteiger charge is -2.27. The molecular weight excluding hydrogens is 360 g/mol. The SMILES string of the molecule is Cc1cccc(C(C)C)c1NC(=O)C1CC(=O)N(c2ccccc2C(C)(C)C)C1. The van der Waals surface area contributed by atoms with Crippen molar-refractivity contribution in [3.8, 4) is 0 Å². The zero-order valence-electron chi connectivity index (χ0n) is 18.4. The molecule has 4 nitrogen and oxygen atoms in total. The minimum atomic E-state index is -0.352. The van der Waals surface area contributed by atoms with Crippen LogP contribution in [0.25, 0.3) is 0 Å². The second-order valence-corrected chi connectivity index (χ2v) is 9.36. The van der Waals surface area contributed by atoms with Gasteiger partial charge in [-0.15, -0.1) is 0 Å². The van der Waals surface area contributed by atoms with Crippen molar-refractivity contribution < 1.29 is 9.59 Å². The van der Waals surface area contributed by atoms with Crippen molar-refractivity contribution in [2.75, 3.05) is 16.8 Å². The van der Waals surface area contributed by atoms with Gasteiger partial charge < -0.3 is 10.2 Å². The van der Waals surface area contributed by atoms with Crippen LogP contribution in [0.5, 0.6) is 0 Å². The lowest BCUT2D eigenvalue weighted by atomic mass is 9.85. The standard InChI is InChI=1S/C25H32N2O2/c1-16(2)19-11-9-10-17(3)23(19)26-24(29)18-14-22(28)27(15-18)21-13-8-7-12-20(21)25(4,5)6/h7-13,16,18H,14-15H2,1-6H3,(H,26,29). The van der Waals surface area contributed by atoms with Gasteiger partial charge in [0.1, 0.15) is 0 Å². The van der Waals surface area contributed by atoms with Crippen LogP contribution in [0.15, 0.2) is 42.5 Å². The number of nitrogens with zero attached hydrogens (tertiary/aromatic N) is 1. The molecule has 0 aromatic heterocycles. The molecule has 0 saturated carbocycles. The molecule has 1 N–H and O–H groups in total. The summed E-state index contributed by atoms with van der Waals surface area (Å²) in [7, 11) is 0. The van der Waals surface area contributed by atoms with E-state index >= 15 is 0 Å². The largest absolute Gasteiger partial charge is 0.325 e. The highest BCUT2D eigenvalue weighted by Crippen LogP contribution is 2.36. The number of hydrogen-bond donors (Lipinski definition) is 1. The Kier molecular flexibility index (Phi) is 5.83. The van der Waals surface area contributed by atoms with E-state index in [0.29, 0.717) is 12.5 Å². The van der Waals surface area contributed by atoms with Gasteiger partial charge in [0.15, 0.2) is 0 Å². The molecule has 0 spiro atoms. The number of benzene rings is 2. The first-order valence-electron chi connectivity index (χ1n) is 10.4. The molecule has 0 aliphatic carbocycles. The fourth-order valence-electron chi connectivity index (χ4n) is 4.03. The molecule has 0 radical (unpaired) electrons. The van der Waals surface area contributed by atoms with Crippen LogP contribution in [0.1, 0.15) is 63.6 Å². The van der Waals surface area contributed by atoms with Gasteiger partial charge in [-0.25, -0.2) is 0 Å². The first kappa shape index (κ1) is 21.1. The number of anilines is 2. The third kappa shape index (κ3) is 4.36. The fraction of sp³-hybridized carbons (Fsp3) is 0.440. The fourth-order valence-corrected chi connectivity index (χ4v) is 4.03. The first-order valence-corrected chi connectivity index (χ1v) is 10.4. The Balaban J connectivity index is 1.83. The van der Waals surface area contributed by atoms with E-state index in [-0.39, 0.29) is 29.6 Å². The highest BCUT2D eigenvalue weighted by Gasteiger charge is 2.37. The van der Waals surface area contributed by atoms with Gasteiger partial charge in [-0.2, -0.15) is 0 Å². The highest BCUT2D eigenvalue weighted by molar-refractivity contribution is 6.04. The molecule has 2 aromatic carbocycles. The zero-order chi connectivity index (χ0) is 21.3. The molecule has 0 bridgehead atoms. The summed E-state index contributed by atoms with van der Waals surface area (Å²) in [4.78, 5) is 27.6. The summed E-state index contributed by atoms with van der Waals surface area (Å²) in [6, 6.07) is 14.1. The molecule has 1 atom stereocenters. The topological polar surface area (TPSA) is 49.4 Å². The average Bonchev–Trinajstić information content (AvgIpc) is 3.04. The van der Waals surface area contributed by atoms with Gasteiger partial charge in [0.25, 0.3) is 0 Å². The van der Waals surface area contributed by atoms with Crippen LogP contribution in [0.2, 0.25) is 0 Å². The number of carbonyl (C=O) groups is 2. The van der Waals surface area contributed by atoms with Crippen molar-refractivity contribution in [2.24, 2.45) is 5.92 Å². The molecule has 1 aliphatic heterocycles. The Hall–Kier alpha value is -2.62. The van der Waals surface area contributed by atoms with E-state index in [1.54, 1.807) is 4.90 Å². The van der Waals surface area contributed by atoms with Crippen LogP contribution < -0.4 is 10.2 Å². The summed E-state index contributed by atoms with van der Waals surface area (Å²) in [5, 5.41) is 3.12. The van der Waals surface area contributed by atoms with E-state index in [2.05, 4.69) is 52.1 Å². The zero-order valence-corrected chi connectivity index (χ0v) is 18.4. The molecule has 2 amide bonds. The van der Waals surface area contributed by atoms with Crippen LogP contribution in [-0.2, 0) is 15.0 Å². The van der Waals surface area contributed by atoms with E-state index in [9.17, 15) is 9.59 Å². The third-order valence-corrected chi connectivity index (χ3v) is 5.67. The van der Waals surface area contributed by atoms with E-state index < -0.39 is 0 Å². The molecule has 1 aliphatic rings. The summed E-state index contributed by atoms with van der Waals surface area (Å²) in [6.45, 7) is 13.1. The van der Waals surface area contributed by atoms with Crippen LogP contribution in [0.4, 0.5) is 11.4 Å². The Morgan fingerprint density at radius 3 is 2.45 bits per heavy atom. The second-order valence-electron chi connectivity index (χ2n) is 9.36. The number of amides is 2. The third-order valence-electron chi connectivity index (χ3n) is 5.67. The average molecular weight is 393 g/mol. The number of aryl methyl sites for hydroxylation is 1. The Morgan fingerprint density at radius 2 is 1.79 bits per heavy atom. The Morgan fingerprint density at radius 1 is 1.10 bits per heavy atom. The van der Waals surface area contributed by atoms with Crippen molar-refractivity contribution in [3.63, 3.8) is 0 Å². The van der Waals surface area contributed by atoms with Gasteiger partial charge in [0.05, 0.1) is 5.92 Å². The number of hydrogen-bond acceptors (Lipinski definition) is 2. The maximum atomic E-state index is 13.1. The molecule has 3 rings (SSSR count). The second kappa shape index (κ2) is 8.02. The van der Waals surface area contributed by atoms with Crippen molar-refractivity contribution in [1.82, 2.24) is 0 Å². The summed E-state index contributed by atoms with van der Waals surface area (Å²) in [5.41, 5.74) is 5.01. The minimum Gasteiger partial charge on any atom is -0.325 e. The molecule has 2 aromatic rings. The van der Waals surface area contributed by atoms with Gasteiger partial charge in [0.2, 0.25) is 11.8 Å². The van der Waals surface area contributed by atoms with Gasteiger partial charge >= 0.3 is 0 Å². The van der Waals surface area contributed by atoms with Crippen molar-refractivity contribution in [3.05, 3.63) is 59.2 Å². The Bertz CT molecular complexity index is 925. The van der Waals surface area contributed by atoms with E-state index in [4.69, 9.17) is 0 Å². The van der Waals surface area contributed by atoms with Crippen molar-refractivity contribution in [2.45, 2.75) is 59.3 Å². The monoisotopic (exact) mass is 392 g/mol. The van der Waals surface area contributed by atoms with Crippen molar-refractivity contribution >= 4 is 23.2 Å². The van der Waals surface area contributed by atoms with Crippen LogP contribution >= 0.6 is 0 Å². The quantitative estimate of drug-likeness (QED) is 0.756. The molecule has 1 heterocycles. The highest BCUT2D eigenvalue weighted by atomic mass is 16.2. The Labute approximate surface area is 174 Å². The summed E-state index contributed by atoms with van der Waals surface area (Å²) in [6.07, 6.45) is 0.243. The molecule has 1 saturated heterocycles. The lowest BCUT2D eigenvalue weighted by molar-refractivity contribution is -0.122. The summed E-state index contributed by atoms with van der Waals surface area (Å²) >= 11 is 0. The number of rotatable bonds is 4. The molecule has 29 heavy (non-hydrogen) atoms. The smallest absolute Gasteiger partial charge is 0.229 e.